The Balaban J connectivity index is 1.30. The molecule has 0 spiro atoms. The highest BCUT2D eigenvalue weighted by molar-refractivity contribution is 9.10. The van der Waals surface area contributed by atoms with E-state index in [1.165, 1.54) is 37.9 Å². The zero-order valence-corrected chi connectivity index (χ0v) is 19.5. The Bertz CT molecular complexity index is 1040. The Hall–Kier alpha value is -2.48. The lowest BCUT2D eigenvalue weighted by atomic mass is 10.1. The summed E-state index contributed by atoms with van der Waals surface area (Å²) in [5.41, 5.74) is 3.01. The second-order valence-electron chi connectivity index (χ2n) is 7.61. The zero-order chi connectivity index (χ0) is 21.6. The fourth-order valence-electron chi connectivity index (χ4n) is 3.63. The van der Waals surface area contributed by atoms with Gasteiger partial charge in [-0.05, 0) is 80.1 Å². The minimum absolute atomic E-state index is 0.207. The molecule has 1 aliphatic heterocycles. The summed E-state index contributed by atoms with van der Waals surface area (Å²) < 4.78 is 6.67. The number of rotatable bonds is 5. The van der Waals surface area contributed by atoms with Gasteiger partial charge in [-0.2, -0.15) is 0 Å². The molecule has 7 heteroatoms. The van der Waals surface area contributed by atoms with Crippen LogP contribution < -0.4 is 10.6 Å². The monoisotopic (exact) mass is 497 g/mol. The highest BCUT2D eigenvalue weighted by atomic mass is 79.9. The molecule has 3 aromatic rings. The Morgan fingerprint density at radius 2 is 1.68 bits per heavy atom. The molecule has 0 saturated carbocycles. The van der Waals surface area contributed by atoms with Crippen molar-refractivity contribution < 1.29 is 9.21 Å². The van der Waals surface area contributed by atoms with Gasteiger partial charge in [0.05, 0.1) is 0 Å². The Labute approximate surface area is 196 Å². The molecule has 2 N–H and O–H groups in total. The van der Waals surface area contributed by atoms with Crippen LogP contribution in [-0.4, -0.2) is 29.0 Å². The standard InChI is InChI=1S/C24H24BrN3O2S/c25-19-8-6-18(7-9-19)21-12-13-22(30-21)23(29)27-24(31)26-20-10-4-17(5-11-20)16-28-14-2-1-3-15-28/h4-13H,1-3,14-16H2,(H2,26,27,29,31). The van der Waals surface area contributed by atoms with Crippen LogP contribution in [0.25, 0.3) is 11.3 Å². The molecule has 0 aliphatic carbocycles. The summed E-state index contributed by atoms with van der Waals surface area (Å²) in [5, 5.41) is 5.96. The fraction of sp³-hybridized carbons (Fsp3) is 0.250. The summed E-state index contributed by atoms with van der Waals surface area (Å²) in [6.07, 6.45) is 3.91. The molecule has 160 valence electrons. The number of anilines is 1. The maximum absolute atomic E-state index is 12.5. The van der Waals surface area contributed by atoms with E-state index in [0.717, 1.165) is 22.3 Å². The van der Waals surface area contributed by atoms with Crippen molar-refractivity contribution in [2.24, 2.45) is 0 Å². The number of benzene rings is 2. The van der Waals surface area contributed by atoms with Gasteiger partial charge >= 0.3 is 0 Å². The van der Waals surface area contributed by atoms with E-state index in [0.29, 0.717) is 5.76 Å². The van der Waals surface area contributed by atoms with Gasteiger partial charge in [0.15, 0.2) is 10.9 Å². The van der Waals surface area contributed by atoms with E-state index in [4.69, 9.17) is 16.6 Å². The van der Waals surface area contributed by atoms with Crippen LogP contribution in [0.3, 0.4) is 0 Å². The van der Waals surface area contributed by atoms with Crippen LogP contribution in [0.15, 0.2) is 69.6 Å². The lowest BCUT2D eigenvalue weighted by Crippen LogP contribution is -2.33. The summed E-state index contributed by atoms with van der Waals surface area (Å²) in [7, 11) is 0. The highest BCUT2D eigenvalue weighted by Crippen LogP contribution is 2.24. The lowest BCUT2D eigenvalue weighted by molar-refractivity contribution is 0.0951. The van der Waals surface area contributed by atoms with Gasteiger partial charge in [0.25, 0.3) is 5.91 Å². The van der Waals surface area contributed by atoms with Crippen LogP contribution in [0, 0.1) is 0 Å². The number of hydrogen-bond acceptors (Lipinski definition) is 4. The molecule has 2 aromatic carbocycles. The van der Waals surface area contributed by atoms with Crippen LogP contribution in [0.2, 0.25) is 0 Å². The largest absolute Gasteiger partial charge is 0.451 e. The van der Waals surface area contributed by atoms with Crippen LogP contribution >= 0.6 is 28.1 Å². The molecule has 1 fully saturated rings. The molecular weight excluding hydrogens is 474 g/mol. The molecule has 31 heavy (non-hydrogen) atoms. The van der Waals surface area contributed by atoms with E-state index in [9.17, 15) is 4.79 Å². The number of nitrogens with zero attached hydrogens (tertiary/aromatic N) is 1. The summed E-state index contributed by atoms with van der Waals surface area (Å²) >= 11 is 8.70. The molecule has 0 unspecified atom stereocenters. The summed E-state index contributed by atoms with van der Waals surface area (Å²) in [5.74, 6) is 0.447. The summed E-state index contributed by atoms with van der Waals surface area (Å²) in [4.78, 5) is 15.0. The van der Waals surface area contributed by atoms with Gasteiger partial charge in [-0.3, -0.25) is 15.0 Å². The second-order valence-corrected chi connectivity index (χ2v) is 8.94. The van der Waals surface area contributed by atoms with Gasteiger partial charge in [-0.1, -0.05) is 46.6 Å². The molecule has 1 amide bonds. The van der Waals surface area contributed by atoms with Crippen molar-refractivity contribution in [2.45, 2.75) is 25.8 Å². The molecular formula is C24H24BrN3O2S. The third-order valence-electron chi connectivity index (χ3n) is 5.25. The van der Waals surface area contributed by atoms with Gasteiger partial charge in [0.2, 0.25) is 0 Å². The number of carbonyl (C=O) groups is 1. The molecule has 0 radical (unpaired) electrons. The van der Waals surface area contributed by atoms with Crippen molar-refractivity contribution in [3.63, 3.8) is 0 Å². The number of piperidine rings is 1. The van der Waals surface area contributed by atoms with E-state index in [1.807, 2.05) is 36.4 Å². The first-order valence-corrected chi connectivity index (χ1v) is 11.6. The smallest absolute Gasteiger partial charge is 0.293 e. The molecule has 0 atom stereocenters. The summed E-state index contributed by atoms with van der Waals surface area (Å²) in [6.45, 7) is 3.32. The third kappa shape index (κ3) is 6.03. The average Bonchev–Trinajstić information content (AvgIpc) is 3.27. The van der Waals surface area contributed by atoms with Crippen molar-refractivity contribution in [1.29, 1.82) is 0 Å². The summed E-state index contributed by atoms with van der Waals surface area (Å²) in [6, 6.07) is 19.3. The predicted molar refractivity (Wildman–Crippen MR) is 131 cm³/mol. The van der Waals surface area contributed by atoms with E-state index in [-0.39, 0.29) is 16.8 Å². The van der Waals surface area contributed by atoms with Crippen molar-refractivity contribution in [1.82, 2.24) is 10.2 Å². The minimum Gasteiger partial charge on any atom is -0.451 e. The molecule has 1 aromatic heterocycles. The third-order valence-corrected chi connectivity index (χ3v) is 5.99. The Kier molecular flexibility index (Phi) is 7.17. The molecule has 1 aliphatic rings. The molecule has 1 saturated heterocycles. The van der Waals surface area contributed by atoms with Gasteiger partial charge in [0.1, 0.15) is 5.76 Å². The van der Waals surface area contributed by atoms with Gasteiger partial charge in [-0.25, -0.2) is 0 Å². The topological polar surface area (TPSA) is 57.5 Å². The molecule has 2 heterocycles. The number of hydrogen-bond donors (Lipinski definition) is 2. The van der Waals surface area contributed by atoms with Gasteiger partial charge in [0, 0.05) is 22.3 Å². The number of likely N-dealkylation sites (tertiary alicyclic amines) is 1. The zero-order valence-electron chi connectivity index (χ0n) is 17.1. The Morgan fingerprint density at radius 3 is 2.39 bits per heavy atom. The predicted octanol–water partition coefficient (Wildman–Crippen LogP) is 5.82. The number of nitrogens with one attached hydrogen (secondary N) is 2. The van der Waals surface area contributed by atoms with Crippen molar-refractivity contribution in [3.05, 3.63) is 76.5 Å². The van der Waals surface area contributed by atoms with Crippen molar-refractivity contribution in [3.8, 4) is 11.3 Å². The molecule has 5 nitrogen and oxygen atoms in total. The number of furan rings is 1. The number of carbonyl (C=O) groups excluding carboxylic acids is 1. The SMILES string of the molecule is O=C(NC(=S)Nc1ccc(CN2CCCCC2)cc1)c1ccc(-c2ccc(Br)cc2)o1. The Morgan fingerprint density at radius 1 is 0.968 bits per heavy atom. The minimum atomic E-state index is -0.386. The van der Waals surface area contributed by atoms with Crippen LogP contribution in [0.4, 0.5) is 5.69 Å². The highest BCUT2D eigenvalue weighted by Gasteiger charge is 2.14. The van der Waals surface area contributed by atoms with E-state index in [1.54, 1.807) is 12.1 Å². The second kappa shape index (κ2) is 10.2. The van der Waals surface area contributed by atoms with Gasteiger partial charge < -0.3 is 9.73 Å². The van der Waals surface area contributed by atoms with Crippen molar-refractivity contribution >= 4 is 44.9 Å². The lowest BCUT2D eigenvalue weighted by Gasteiger charge is -2.26. The quantitative estimate of drug-likeness (QED) is 0.434. The number of halogens is 1. The molecule has 4 rings (SSSR count). The van der Waals surface area contributed by atoms with Gasteiger partial charge in [-0.15, -0.1) is 0 Å². The first-order chi connectivity index (χ1) is 15.1. The van der Waals surface area contributed by atoms with E-state index >= 15 is 0 Å². The maximum atomic E-state index is 12.5. The van der Waals surface area contributed by atoms with Crippen LogP contribution in [0.5, 0.6) is 0 Å². The number of amides is 1. The number of thiocarbonyl (C=S) groups is 1. The van der Waals surface area contributed by atoms with E-state index in [2.05, 4.69) is 43.6 Å². The van der Waals surface area contributed by atoms with Crippen molar-refractivity contribution in [2.75, 3.05) is 18.4 Å². The average molecular weight is 498 g/mol. The maximum Gasteiger partial charge on any atom is 0.293 e. The van der Waals surface area contributed by atoms with Crippen LogP contribution in [0.1, 0.15) is 35.4 Å². The normalized spacial score (nSPS) is 14.2. The first-order valence-electron chi connectivity index (χ1n) is 10.4. The first kappa shape index (κ1) is 21.7. The molecule has 0 bridgehead atoms. The fourth-order valence-corrected chi connectivity index (χ4v) is 4.10. The van der Waals surface area contributed by atoms with E-state index < -0.39 is 0 Å². The van der Waals surface area contributed by atoms with Crippen LogP contribution in [-0.2, 0) is 6.54 Å².